The fraction of sp³-hybridized carbons (Fsp3) is 0.440. The lowest BCUT2D eigenvalue weighted by Crippen LogP contribution is -2.53. The van der Waals surface area contributed by atoms with Crippen LogP contribution in [0, 0.1) is 0 Å². The highest BCUT2D eigenvalue weighted by molar-refractivity contribution is 7.92. The van der Waals surface area contributed by atoms with Crippen LogP contribution >= 0.6 is 23.2 Å². The standard InChI is InChI=1S/C25H33Cl2N3O5S/c1-6-17(3)28-25(32)23(7-2)29(15-18-11-12-21(26)22(27)13-18)24(31)16-30(36(5,33)34)19-9-8-10-20(14-19)35-4/h8-14,17,23H,6-7,15-16H2,1-5H3,(H,28,32)/t17-,23-/m0/s1. The molecule has 0 saturated carbocycles. The van der Waals surface area contributed by atoms with Crippen molar-refractivity contribution in [2.45, 2.75) is 52.2 Å². The summed E-state index contributed by atoms with van der Waals surface area (Å²) in [5.41, 5.74) is 0.927. The number of ether oxygens (including phenoxy) is 1. The Bertz CT molecular complexity index is 1180. The second-order valence-electron chi connectivity index (χ2n) is 8.48. The lowest BCUT2D eigenvalue weighted by Gasteiger charge is -2.33. The molecule has 11 heteroatoms. The van der Waals surface area contributed by atoms with Gasteiger partial charge in [-0.05, 0) is 49.6 Å². The van der Waals surface area contributed by atoms with Gasteiger partial charge < -0.3 is 15.0 Å². The average molecular weight is 559 g/mol. The highest BCUT2D eigenvalue weighted by atomic mass is 35.5. The van der Waals surface area contributed by atoms with Crippen LogP contribution in [0.2, 0.25) is 10.0 Å². The molecule has 0 bridgehead atoms. The van der Waals surface area contributed by atoms with Gasteiger partial charge in [0.15, 0.2) is 0 Å². The van der Waals surface area contributed by atoms with Gasteiger partial charge in [0.25, 0.3) is 0 Å². The van der Waals surface area contributed by atoms with Crippen molar-refractivity contribution in [2.24, 2.45) is 0 Å². The molecule has 2 aromatic carbocycles. The Hall–Kier alpha value is -2.49. The number of carbonyl (C=O) groups excluding carboxylic acids is 2. The van der Waals surface area contributed by atoms with Crippen molar-refractivity contribution >= 4 is 50.7 Å². The van der Waals surface area contributed by atoms with Gasteiger partial charge in [0.2, 0.25) is 21.8 Å². The van der Waals surface area contributed by atoms with E-state index in [1.807, 2.05) is 13.8 Å². The summed E-state index contributed by atoms with van der Waals surface area (Å²) in [6, 6.07) is 10.5. The number of hydrogen-bond acceptors (Lipinski definition) is 5. The van der Waals surface area contributed by atoms with E-state index in [0.717, 1.165) is 17.0 Å². The van der Waals surface area contributed by atoms with Gasteiger partial charge >= 0.3 is 0 Å². The summed E-state index contributed by atoms with van der Waals surface area (Å²) in [7, 11) is -2.37. The van der Waals surface area contributed by atoms with Gasteiger partial charge in [0, 0.05) is 18.7 Å². The average Bonchev–Trinajstić information content (AvgIpc) is 2.83. The highest BCUT2D eigenvalue weighted by Gasteiger charge is 2.32. The first-order chi connectivity index (χ1) is 16.9. The van der Waals surface area contributed by atoms with E-state index in [1.165, 1.54) is 18.1 Å². The zero-order valence-corrected chi connectivity index (χ0v) is 23.5. The number of nitrogens with one attached hydrogen (secondary N) is 1. The number of carbonyl (C=O) groups is 2. The molecule has 0 fully saturated rings. The molecule has 0 spiro atoms. The molecule has 0 heterocycles. The van der Waals surface area contributed by atoms with Gasteiger partial charge in [0.05, 0.1) is 29.1 Å². The van der Waals surface area contributed by atoms with Crippen molar-refractivity contribution in [3.63, 3.8) is 0 Å². The zero-order chi connectivity index (χ0) is 27.0. The molecule has 2 atom stereocenters. The molecule has 0 aliphatic carbocycles. The van der Waals surface area contributed by atoms with Crippen molar-refractivity contribution in [3.05, 3.63) is 58.1 Å². The van der Waals surface area contributed by atoms with Crippen LogP contribution in [0.4, 0.5) is 5.69 Å². The minimum Gasteiger partial charge on any atom is -0.497 e. The molecule has 0 radical (unpaired) electrons. The molecule has 0 aliphatic rings. The van der Waals surface area contributed by atoms with E-state index < -0.39 is 28.5 Å². The van der Waals surface area contributed by atoms with Gasteiger partial charge in [-0.15, -0.1) is 0 Å². The van der Waals surface area contributed by atoms with Crippen LogP contribution in [0.3, 0.4) is 0 Å². The smallest absolute Gasteiger partial charge is 0.244 e. The minimum absolute atomic E-state index is 0.0396. The Morgan fingerprint density at radius 1 is 1.06 bits per heavy atom. The number of anilines is 1. The Kier molecular flexibility index (Phi) is 10.9. The van der Waals surface area contributed by atoms with Crippen LogP contribution in [-0.2, 0) is 26.2 Å². The van der Waals surface area contributed by atoms with Crippen molar-refractivity contribution in [2.75, 3.05) is 24.2 Å². The van der Waals surface area contributed by atoms with Crippen molar-refractivity contribution in [3.8, 4) is 5.75 Å². The maximum Gasteiger partial charge on any atom is 0.244 e. The topological polar surface area (TPSA) is 96.0 Å². The Morgan fingerprint density at radius 2 is 1.75 bits per heavy atom. The van der Waals surface area contributed by atoms with E-state index in [0.29, 0.717) is 27.8 Å². The lowest BCUT2D eigenvalue weighted by atomic mass is 10.1. The highest BCUT2D eigenvalue weighted by Crippen LogP contribution is 2.26. The summed E-state index contributed by atoms with van der Waals surface area (Å²) in [6.45, 7) is 5.16. The predicted molar refractivity (Wildman–Crippen MR) is 144 cm³/mol. The minimum atomic E-state index is -3.84. The lowest BCUT2D eigenvalue weighted by molar-refractivity contribution is -0.140. The number of sulfonamides is 1. The van der Waals surface area contributed by atoms with Crippen LogP contribution in [0.15, 0.2) is 42.5 Å². The number of nitrogens with zero attached hydrogens (tertiary/aromatic N) is 2. The Morgan fingerprint density at radius 3 is 2.31 bits per heavy atom. The molecule has 8 nitrogen and oxygen atoms in total. The summed E-state index contributed by atoms with van der Waals surface area (Å²) in [5, 5.41) is 3.60. The maximum atomic E-state index is 13.7. The third kappa shape index (κ3) is 8.01. The fourth-order valence-corrected chi connectivity index (χ4v) is 4.74. The summed E-state index contributed by atoms with van der Waals surface area (Å²) in [5.74, 6) is -0.409. The maximum absolute atomic E-state index is 13.7. The van der Waals surface area contributed by atoms with Gasteiger partial charge in [-0.2, -0.15) is 0 Å². The fourth-order valence-electron chi connectivity index (χ4n) is 3.57. The predicted octanol–water partition coefficient (Wildman–Crippen LogP) is 4.49. The van der Waals surface area contributed by atoms with E-state index in [9.17, 15) is 18.0 Å². The van der Waals surface area contributed by atoms with Crippen LogP contribution in [0.25, 0.3) is 0 Å². The third-order valence-electron chi connectivity index (χ3n) is 5.74. The van der Waals surface area contributed by atoms with Gasteiger partial charge in [-0.3, -0.25) is 13.9 Å². The molecule has 0 aromatic heterocycles. The summed E-state index contributed by atoms with van der Waals surface area (Å²) < 4.78 is 31.6. The van der Waals surface area contributed by atoms with Gasteiger partial charge in [-0.1, -0.05) is 49.2 Å². The molecule has 1 N–H and O–H groups in total. The van der Waals surface area contributed by atoms with E-state index in [1.54, 1.807) is 43.3 Å². The normalized spacial score (nSPS) is 13.0. The summed E-state index contributed by atoms with van der Waals surface area (Å²) >= 11 is 12.2. The number of methoxy groups -OCH3 is 1. The number of halogens is 2. The van der Waals surface area contributed by atoms with Crippen LogP contribution in [-0.4, -0.2) is 57.1 Å². The van der Waals surface area contributed by atoms with E-state index in [-0.39, 0.29) is 24.2 Å². The van der Waals surface area contributed by atoms with Gasteiger partial charge in [0.1, 0.15) is 18.3 Å². The number of rotatable bonds is 12. The first-order valence-electron chi connectivity index (χ1n) is 11.6. The Balaban J connectivity index is 2.47. The Labute approximate surface area is 223 Å². The first kappa shape index (κ1) is 29.7. The third-order valence-corrected chi connectivity index (χ3v) is 7.62. The van der Waals surface area contributed by atoms with Crippen molar-refractivity contribution in [1.29, 1.82) is 0 Å². The molecule has 2 amide bonds. The van der Waals surface area contributed by atoms with Crippen molar-refractivity contribution in [1.82, 2.24) is 10.2 Å². The molecule has 36 heavy (non-hydrogen) atoms. The van der Waals surface area contributed by atoms with E-state index in [4.69, 9.17) is 27.9 Å². The zero-order valence-electron chi connectivity index (χ0n) is 21.1. The number of benzene rings is 2. The van der Waals surface area contributed by atoms with Crippen LogP contribution in [0.5, 0.6) is 5.75 Å². The molecule has 0 unspecified atom stereocenters. The molecule has 198 valence electrons. The van der Waals surface area contributed by atoms with Gasteiger partial charge in [-0.25, -0.2) is 8.42 Å². The molecule has 2 rings (SSSR count). The largest absolute Gasteiger partial charge is 0.497 e. The monoisotopic (exact) mass is 557 g/mol. The second-order valence-corrected chi connectivity index (χ2v) is 11.2. The molecule has 0 aliphatic heterocycles. The number of amides is 2. The molecular weight excluding hydrogens is 525 g/mol. The molecule has 2 aromatic rings. The first-order valence-corrected chi connectivity index (χ1v) is 14.2. The summed E-state index contributed by atoms with van der Waals surface area (Å²) in [4.78, 5) is 28.2. The SMILES string of the molecule is CC[C@H](C)NC(=O)[C@H](CC)N(Cc1ccc(Cl)c(Cl)c1)C(=O)CN(c1cccc(OC)c1)S(C)(=O)=O. The van der Waals surface area contributed by atoms with Crippen LogP contribution in [0.1, 0.15) is 39.2 Å². The van der Waals surface area contributed by atoms with E-state index >= 15 is 0 Å². The molecular formula is C25H33Cl2N3O5S. The van der Waals surface area contributed by atoms with E-state index in [2.05, 4.69) is 5.32 Å². The summed E-state index contributed by atoms with van der Waals surface area (Å²) in [6.07, 6.45) is 2.07. The number of hydrogen-bond donors (Lipinski definition) is 1. The molecule has 0 saturated heterocycles. The second kappa shape index (κ2) is 13.2. The van der Waals surface area contributed by atoms with Crippen LogP contribution < -0.4 is 14.4 Å². The van der Waals surface area contributed by atoms with Crippen molar-refractivity contribution < 1.29 is 22.7 Å². The quantitative estimate of drug-likeness (QED) is 0.414.